The first-order valence-corrected chi connectivity index (χ1v) is 15.5. The van der Waals surface area contributed by atoms with Gasteiger partial charge in [0, 0.05) is 12.8 Å². The molecule has 0 aliphatic carbocycles. The summed E-state index contributed by atoms with van der Waals surface area (Å²) in [7, 11) is 0. The highest BCUT2D eigenvalue weighted by molar-refractivity contribution is 5.69. The maximum Gasteiger partial charge on any atom is 0.305 e. The summed E-state index contributed by atoms with van der Waals surface area (Å²) in [5.74, 6) is -0.568. The first-order valence-electron chi connectivity index (χ1n) is 15.5. The summed E-state index contributed by atoms with van der Waals surface area (Å²) in [6.07, 6.45) is 30.2. The van der Waals surface area contributed by atoms with Crippen molar-refractivity contribution in [3.63, 3.8) is 0 Å². The van der Waals surface area contributed by atoms with E-state index in [2.05, 4.69) is 45.1 Å². The maximum absolute atomic E-state index is 12.1. The van der Waals surface area contributed by atoms with Crippen LogP contribution in [0.5, 0.6) is 0 Å². The number of carbonyl (C=O) groups excluding carboxylic acids is 2. The largest absolute Gasteiger partial charge is 0.465 e. The number of unbranched alkanes of at least 4 members (excludes halogenated alkanes) is 14. The molecule has 0 heterocycles. The number of aliphatic hydroxyl groups excluding tert-OH is 1. The molecule has 0 rings (SSSR count). The van der Waals surface area contributed by atoms with Gasteiger partial charge in [-0.3, -0.25) is 9.59 Å². The molecule has 0 fully saturated rings. The molecule has 0 aromatic rings. The molecular formula is C33H59O5. The van der Waals surface area contributed by atoms with E-state index in [9.17, 15) is 14.7 Å². The summed E-state index contributed by atoms with van der Waals surface area (Å²) in [5, 5.41) is 9.71. The lowest BCUT2D eigenvalue weighted by molar-refractivity contribution is -0.153. The molecule has 0 saturated carbocycles. The molecule has 0 spiro atoms. The average Bonchev–Trinajstić information content (AvgIpc) is 2.92. The Morgan fingerprint density at radius 3 is 1.32 bits per heavy atom. The number of ether oxygens (including phenoxy) is 2. The Morgan fingerprint density at radius 1 is 0.605 bits per heavy atom. The SMILES string of the molecule is [CH2]C(CO)(COC(=O)CCCCCCC/C=C\CCCC)COC(=O)CCCCCCC/C=C\CCCC. The van der Waals surface area contributed by atoms with Gasteiger partial charge in [-0.1, -0.05) is 102 Å². The van der Waals surface area contributed by atoms with Crippen LogP contribution in [0.2, 0.25) is 0 Å². The van der Waals surface area contributed by atoms with Crippen molar-refractivity contribution in [3.05, 3.63) is 31.2 Å². The number of aliphatic hydroxyl groups is 1. The first-order chi connectivity index (χ1) is 18.5. The molecule has 5 heteroatoms. The Hall–Kier alpha value is -1.62. The third kappa shape index (κ3) is 24.7. The molecule has 1 N–H and O–H groups in total. The van der Waals surface area contributed by atoms with Crippen LogP contribution in [-0.4, -0.2) is 36.9 Å². The Bertz CT molecular complexity index is 563. The third-order valence-electron chi connectivity index (χ3n) is 6.70. The molecule has 0 unspecified atom stereocenters. The molecule has 5 nitrogen and oxygen atoms in total. The molecular weight excluding hydrogens is 476 g/mol. The zero-order chi connectivity index (χ0) is 28.2. The fourth-order valence-electron chi connectivity index (χ4n) is 3.98. The van der Waals surface area contributed by atoms with E-state index < -0.39 is 5.41 Å². The van der Waals surface area contributed by atoms with Gasteiger partial charge in [-0.25, -0.2) is 0 Å². The number of allylic oxidation sites excluding steroid dienone is 4. The molecule has 0 bridgehead atoms. The van der Waals surface area contributed by atoms with Crippen molar-refractivity contribution in [1.82, 2.24) is 0 Å². The van der Waals surface area contributed by atoms with Crippen LogP contribution < -0.4 is 0 Å². The topological polar surface area (TPSA) is 72.8 Å². The van der Waals surface area contributed by atoms with Gasteiger partial charge >= 0.3 is 11.9 Å². The summed E-state index contributed by atoms with van der Waals surface area (Å²) >= 11 is 0. The van der Waals surface area contributed by atoms with Crippen molar-refractivity contribution in [2.75, 3.05) is 19.8 Å². The van der Waals surface area contributed by atoms with Gasteiger partial charge in [-0.15, -0.1) is 0 Å². The van der Waals surface area contributed by atoms with Crippen LogP contribution in [0.3, 0.4) is 0 Å². The van der Waals surface area contributed by atoms with Crippen LogP contribution in [0.15, 0.2) is 24.3 Å². The molecule has 0 atom stereocenters. The van der Waals surface area contributed by atoms with E-state index >= 15 is 0 Å². The van der Waals surface area contributed by atoms with Gasteiger partial charge in [0.05, 0.1) is 12.0 Å². The van der Waals surface area contributed by atoms with E-state index in [1.807, 2.05) is 0 Å². The van der Waals surface area contributed by atoms with Gasteiger partial charge in [0.25, 0.3) is 0 Å². The predicted octanol–water partition coefficient (Wildman–Crippen LogP) is 8.84. The third-order valence-corrected chi connectivity index (χ3v) is 6.70. The highest BCUT2D eigenvalue weighted by atomic mass is 16.5. The maximum atomic E-state index is 12.1. The van der Waals surface area contributed by atoms with Crippen molar-refractivity contribution in [1.29, 1.82) is 0 Å². The molecule has 0 aromatic carbocycles. The molecule has 1 radical (unpaired) electrons. The minimum absolute atomic E-state index is 0.0487. The lowest BCUT2D eigenvalue weighted by atomic mass is 9.94. The highest BCUT2D eigenvalue weighted by Gasteiger charge is 2.28. The van der Waals surface area contributed by atoms with E-state index in [1.54, 1.807) is 0 Å². The minimum Gasteiger partial charge on any atom is -0.465 e. The number of hydrogen-bond donors (Lipinski definition) is 1. The summed E-state index contributed by atoms with van der Waals surface area (Å²) < 4.78 is 10.7. The molecule has 221 valence electrons. The molecule has 0 aromatic heterocycles. The standard InChI is InChI=1S/C33H59O5/c1-4-6-8-10-12-14-16-18-20-22-24-26-31(35)37-29-33(3,28-34)30-38-32(36)27-25-23-21-19-17-15-13-11-9-7-5-2/h10-13,34H,3-9,14-30H2,1-2H3/b12-10-,13-11-. The normalized spacial score (nSPS) is 12.0. The smallest absolute Gasteiger partial charge is 0.305 e. The average molecular weight is 536 g/mol. The highest BCUT2D eigenvalue weighted by Crippen LogP contribution is 2.18. The van der Waals surface area contributed by atoms with Crippen LogP contribution in [0.4, 0.5) is 0 Å². The van der Waals surface area contributed by atoms with E-state index in [0.29, 0.717) is 12.8 Å². The monoisotopic (exact) mass is 535 g/mol. The molecule has 0 saturated heterocycles. The van der Waals surface area contributed by atoms with E-state index in [1.165, 1.54) is 64.2 Å². The van der Waals surface area contributed by atoms with Crippen LogP contribution in [-0.2, 0) is 19.1 Å². The van der Waals surface area contributed by atoms with Gasteiger partial charge in [-0.2, -0.15) is 0 Å². The lowest BCUT2D eigenvalue weighted by Crippen LogP contribution is -2.35. The van der Waals surface area contributed by atoms with Crippen LogP contribution in [0.25, 0.3) is 0 Å². The number of hydrogen-bond acceptors (Lipinski definition) is 5. The van der Waals surface area contributed by atoms with Crippen molar-refractivity contribution < 1.29 is 24.2 Å². The molecule has 38 heavy (non-hydrogen) atoms. The van der Waals surface area contributed by atoms with Gasteiger partial charge in [0.1, 0.15) is 13.2 Å². The zero-order valence-corrected chi connectivity index (χ0v) is 24.9. The van der Waals surface area contributed by atoms with E-state index in [4.69, 9.17) is 9.47 Å². The Balaban J connectivity index is 3.77. The van der Waals surface area contributed by atoms with Gasteiger partial charge < -0.3 is 14.6 Å². The minimum atomic E-state index is -1.01. The number of rotatable bonds is 27. The van der Waals surface area contributed by atoms with Gasteiger partial charge in [0.2, 0.25) is 0 Å². The lowest BCUT2D eigenvalue weighted by Gasteiger charge is -2.26. The Labute approximate surface area is 234 Å². The number of carbonyl (C=O) groups is 2. The summed E-state index contributed by atoms with van der Waals surface area (Å²) in [6, 6.07) is 0. The fraction of sp³-hybridized carbons (Fsp3) is 0.788. The quantitative estimate of drug-likeness (QED) is 0.0646. The fourth-order valence-corrected chi connectivity index (χ4v) is 3.98. The van der Waals surface area contributed by atoms with Crippen molar-refractivity contribution in [2.45, 2.75) is 142 Å². The number of esters is 2. The van der Waals surface area contributed by atoms with Gasteiger partial charge in [-0.05, 0) is 58.3 Å². The summed E-state index contributed by atoms with van der Waals surface area (Å²) in [4.78, 5) is 24.2. The Kier molecular flexibility index (Phi) is 25.8. The van der Waals surface area contributed by atoms with Crippen molar-refractivity contribution in [3.8, 4) is 0 Å². The van der Waals surface area contributed by atoms with Crippen molar-refractivity contribution in [2.24, 2.45) is 5.41 Å². The van der Waals surface area contributed by atoms with Crippen LogP contribution in [0, 0.1) is 12.3 Å². The Morgan fingerprint density at radius 2 is 0.947 bits per heavy atom. The van der Waals surface area contributed by atoms with Crippen LogP contribution >= 0.6 is 0 Å². The summed E-state index contributed by atoms with van der Waals surface area (Å²) in [5.41, 5.74) is -1.01. The predicted molar refractivity (Wildman–Crippen MR) is 159 cm³/mol. The van der Waals surface area contributed by atoms with Gasteiger partial charge in [0.15, 0.2) is 0 Å². The molecule has 0 amide bonds. The van der Waals surface area contributed by atoms with Crippen LogP contribution in [0.1, 0.15) is 142 Å². The summed E-state index contributed by atoms with van der Waals surface area (Å²) in [6.45, 7) is 7.95. The van der Waals surface area contributed by atoms with Crippen molar-refractivity contribution >= 4 is 11.9 Å². The van der Waals surface area contributed by atoms with E-state index in [0.717, 1.165) is 51.4 Å². The molecule has 0 aliphatic heterocycles. The second-order valence-corrected chi connectivity index (χ2v) is 10.8. The van der Waals surface area contributed by atoms with E-state index in [-0.39, 0.29) is 31.8 Å². The molecule has 0 aliphatic rings. The first kappa shape index (κ1) is 36.4. The second kappa shape index (κ2) is 27.0. The second-order valence-electron chi connectivity index (χ2n) is 10.8. The zero-order valence-electron chi connectivity index (χ0n) is 24.9.